The molecule has 0 aliphatic rings. The predicted molar refractivity (Wildman–Crippen MR) is 152 cm³/mol. The first kappa shape index (κ1) is 33.4. The van der Waals surface area contributed by atoms with Gasteiger partial charge in [-0.05, 0) is 19.3 Å². The Kier molecular flexibility index (Phi) is 25.1. The van der Waals surface area contributed by atoms with Crippen molar-refractivity contribution in [1.29, 1.82) is 0 Å². The van der Waals surface area contributed by atoms with Crippen LogP contribution in [0.15, 0.2) is 0 Å². The van der Waals surface area contributed by atoms with E-state index in [-0.39, 0.29) is 5.91 Å². The van der Waals surface area contributed by atoms with E-state index in [4.69, 9.17) is 0 Å². The number of hydrogen-bond acceptors (Lipinski definition) is 1. The van der Waals surface area contributed by atoms with Gasteiger partial charge in [-0.2, -0.15) is 0 Å². The molecule has 0 aliphatic heterocycles. The molecule has 0 aromatic rings. The summed E-state index contributed by atoms with van der Waals surface area (Å²) in [5.41, 5.74) is 0. The normalized spacial score (nSPS) is 11.8. The highest BCUT2D eigenvalue weighted by molar-refractivity contribution is 5.75. The van der Waals surface area contributed by atoms with Crippen molar-refractivity contribution in [3.8, 4) is 0 Å². The van der Waals surface area contributed by atoms with Crippen LogP contribution in [0.25, 0.3) is 0 Å². The number of quaternary nitrogens is 1. The number of nitrogens with zero attached hydrogens (tertiary/aromatic N) is 1. The Bertz CT molecular complexity index is 422. The molecule has 0 saturated heterocycles. The standard InChI is InChI=1S/C31H64N2O/c1-5-7-9-11-13-15-16-17-19-21-23-25-29-33(3,4)30-26-28-32-31(34)27-24-22-20-18-14-12-10-8-6-2/h5-30H2,1-4H3/p+1. The number of rotatable bonds is 27. The first-order valence-corrected chi connectivity index (χ1v) is 15.6. The minimum atomic E-state index is 0.259. The molecule has 3 nitrogen and oxygen atoms in total. The maximum atomic E-state index is 12.1. The average Bonchev–Trinajstić information content (AvgIpc) is 2.81. The SMILES string of the molecule is CCCCCCCCCCCCCC[N+](C)(C)CCCNC(=O)CCCCCCCCCCC. The molecule has 0 unspecified atom stereocenters. The average molecular weight is 482 g/mol. The number of amides is 1. The van der Waals surface area contributed by atoms with Crippen molar-refractivity contribution >= 4 is 5.91 Å². The molecular formula is C31H65N2O+. The Morgan fingerprint density at radius 3 is 1.29 bits per heavy atom. The molecule has 0 rings (SSSR count). The third-order valence-corrected chi connectivity index (χ3v) is 7.39. The maximum Gasteiger partial charge on any atom is 0.219 e. The smallest absolute Gasteiger partial charge is 0.219 e. The summed E-state index contributed by atoms with van der Waals surface area (Å²) in [5, 5.41) is 3.15. The van der Waals surface area contributed by atoms with Crippen molar-refractivity contribution < 1.29 is 9.28 Å². The fraction of sp³-hybridized carbons (Fsp3) is 0.968. The summed E-state index contributed by atoms with van der Waals surface area (Å²) in [6, 6.07) is 0. The van der Waals surface area contributed by atoms with Crippen LogP contribution in [0, 0.1) is 0 Å². The second-order valence-electron chi connectivity index (χ2n) is 11.6. The molecule has 34 heavy (non-hydrogen) atoms. The summed E-state index contributed by atoms with van der Waals surface area (Å²) in [4.78, 5) is 12.1. The fourth-order valence-electron chi connectivity index (χ4n) is 4.91. The van der Waals surface area contributed by atoms with Gasteiger partial charge in [0.05, 0.1) is 27.2 Å². The highest BCUT2D eigenvalue weighted by atomic mass is 16.1. The molecular weight excluding hydrogens is 416 g/mol. The van der Waals surface area contributed by atoms with Crippen LogP contribution in [0.1, 0.15) is 162 Å². The number of unbranched alkanes of at least 4 members (excludes halogenated alkanes) is 19. The number of nitrogens with one attached hydrogen (secondary N) is 1. The third-order valence-electron chi connectivity index (χ3n) is 7.39. The Morgan fingerprint density at radius 1 is 0.500 bits per heavy atom. The van der Waals surface area contributed by atoms with Gasteiger partial charge in [0, 0.05) is 19.4 Å². The zero-order valence-corrected chi connectivity index (χ0v) is 24.2. The maximum absolute atomic E-state index is 12.1. The molecule has 0 bridgehead atoms. The van der Waals surface area contributed by atoms with E-state index in [0.717, 1.165) is 30.4 Å². The Morgan fingerprint density at radius 2 is 0.853 bits per heavy atom. The number of hydrogen-bond donors (Lipinski definition) is 1. The van der Waals surface area contributed by atoms with E-state index in [9.17, 15) is 4.79 Å². The van der Waals surface area contributed by atoms with Gasteiger partial charge in [0.15, 0.2) is 0 Å². The van der Waals surface area contributed by atoms with Crippen molar-refractivity contribution in [3.63, 3.8) is 0 Å². The fourth-order valence-corrected chi connectivity index (χ4v) is 4.91. The van der Waals surface area contributed by atoms with Crippen LogP contribution in [0.4, 0.5) is 0 Å². The van der Waals surface area contributed by atoms with Crippen LogP contribution in [-0.4, -0.2) is 44.1 Å². The summed E-state index contributed by atoms with van der Waals surface area (Å²) in [5.74, 6) is 0.259. The second kappa shape index (κ2) is 25.5. The first-order chi connectivity index (χ1) is 16.5. The van der Waals surface area contributed by atoms with Crippen LogP contribution in [0.2, 0.25) is 0 Å². The molecule has 1 amide bonds. The topological polar surface area (TPSA) is 29.1 Å². The minimum Gasteiger partial charge on any atom is -0.356 e. The number of carbonyl (C=O) groups excluding carboxylic acids is 1. The van der Waals surface area contributed by atoms with E-state index in [1.807, 2.05) is 0 Å². The largest absolute Gasteiger partial charge is 0.356 e. The molecule has 1 N–H and O–H groups in total. The zero-order chi connectivity index (χ0) is 25.2. The van der Waals surface area contributed by atoms with Gasteiger partial charge >= 0.3 is 0 Å². The van der Waals surface area contributed by atoms with Gasteiger partial charge < -0.3 is 9.80 Å². The third kappa shape index (κ3) is 26.0. The van der Waals surface area contributed by atoms with Crippen LogP contribution in [0.3, 0.4) is 0 Å². The Labute approximate surface area is 215 Å². The van der Waals surface area contributed by atoms with Gasteiger partial charge in [0.25, 0.3) is 0 Å². The van der Waals surface area contributed by atoms with E-state index in [1.165, 1.54) is 135 Å². The molecule has 0 spiro atoms. The van der Waals surface area contributed by atoms with E-state index in [2.05, 4.69) is 33.3 Å². The van der Waals surface area contributed by atoms with Crippen molar-refractivity contribution in [3.05, 3.63) is 0 Å². The second-order valence-corrected chi connectivity index (χ2v) is 11.6. The summed E-state index contributed by atoms with van der Waals surface area (Å²) >= 11 is 0. The monoisotopic (exact) mass is 482 g/mol. The Hall–Kier alpha value is -0.570. The minimum absolute atomic E-state index is 0.259. The van der Waals surface area contributed by atoms with Crippen molar-refractivity contribution in [2.75, 3.05) is 33.7 Å². The molecule has 0 heterocycles. The highest BCUT2D eigenvalue weighted by Gasteiger charge is 2.14. The molecule has 0 radical (unpaired) electrons. The van der Waals surface area contributed by atoms with E-state index < -0.39 is 0 Å². The van der Waals surface area contributed by atoms with Crippen molar-refractivity contribution in [1.82, 2.24) is 5.32 Å². The summed E-state index contributed by atoms with van der Waals surface area (Å²) in [6.07, 6.45) is 30.6. The molecule has 0 aromatic heterocycles. The summed E-state index contributed by atoms with van der Waals surface area (Å²) in [7, 11) is 4.70. The zero-order valence-electron chi connectivity index (χ0n) is 24.2. The quantitative estimate of drug-likeness (QED) is 0.0919. The molecule has 0 aromatic carbocycles. The highest BCUT2D eigenvalue weighted by Crippen LogP contribution is 2.13. The van der Waals surface area contributed by atoms with Crippen LogP contribution < -0.4 is 5.32 Å². The van der Waals surface area contributed by atoms with Gasteiger partial charge in [-0.3, -0.25) is 4.79 Å². The molecule has 0 saturated carbocycles. The summed E-state index contributed by atoms with van der Waals surface area (Å²) in [6.45, 7) is 7.84. The lowest BCUT2D eigenvalue weighted by Gasteiger charge is -2.30. The van der Waals surface area contributed by atoms with Crippen LogP contribution >= 0.6 is 0 Å². The summed E-state index contributed by atoms with van der Waals surface area (Å²) < 4.78 is 1.09. The van der Waals surface area contributed by atoms with Gasteiger partial charge in [0.1, 0.15) is 0 Å². The molecule has 204 valence electrons. The molecule has 0 fully saturated rings. The number of carbonyl (C=O) groups is 1. The van der Waals surface area contributed by atoms with Gasteiger partial charge in [-0.15, -0.1) is 0 Å². The molecule has 0 atom stereocenters. The Balaban J connectivity index is 3.43. The lowest BCUT2D eigenvalue weighted by Crippen LogP contribution is -2.42. The van der Waals surface area contributed by atoms with Crippen LogP contribution in [0.5, 0.6) is 0 Å². The molecule has 3 heteroatoms. The lowest BCUT2D eigenvalue weighted by molar-refractivity contribution is -0.890. The van der Waals surface area contributed by atoms with E-state index in [1.54, 1.807) is 0 Å². The first-order valence-electron chi connectivity index (χ1n) is 15.6. The van der Waals surface area contributed by atoms with Crippen molar-refractivity contribution in [2.45, 2.75) is 162 Å². The van der Waals surface area contributed by atoms with E-state index in [0.29, 0.717) is 6.42 Å². The van der Waals surface area contributed by atoms with Gasteiger partial charge in [0.2, 0.25) is 5.91 Å². The molecule has 0 aliphatic carbocycles. The van der Waals surface area contributed by atoms with Crippen molar-refractivity contribution in [2.24, 2.45) is 0 Å². The van der Waals surface area contributed by atoms with Crippen LogP contribution in [-0.2, 0) is 4.79 Å². The van der Waals surface area contributed by atoms with Gasteiger partial charge in [-0.1, -0.05) is 129 Å². The lowest BCUT2D eigenvalue weighted by atomic mass is 10.1. The predicted octanol–water partition coefficient (Wildman–Crippen LogP) is 9.19. The van der Waals surface area contributed by atoms with E-state index >= 15 is 0 Å². The van der Waals surface area contributed by atoms with Gasteiger partial charge in [-0.25, -0.2) is 0 Å².